The zero-order valence-electron chi connectivity index (χ0n) is 12.4. The second-order valence-corrected chi connectivity index (χ2v) is 5.34. The fourth-order valence-electron chi connectivity index (χ4n) is 2.52. The summed E-state index contributed by atoms with van der Waals surface area (Å²) in [5, 5.41) is 12.5. The Balaban J connectivity index is 1.62. The molecule has 0 heterocycles. The van der Waals surface area contributed by atoms with Gasteiger partial charge in [-0.3, -0.25) is 4.79 Å². The first-order valence-electron chi connectivity index (χ1n) is 7.40. The third-order valence-electron chi connectivity index (χ3n) is 3.84. The van der Waals surface area contributed by atoms with Crippen molar-refractivity contribution in [2.24, 2.45) is 5.92 Å². The van der Waals surface area contributed by atoms with Crippen molar-refractivity contribution >= 4 is 5.91 Å². The van der Waals surface area contributed by atoms with Crippen LogP contribution in [0.25, 0.3) is 0 Å². The number of rotatable bonds is 7. The largest absolute Gasteiger partial charge is 0.497 e. The highest BCUT2D eigenvalue weighted by molar-refractivity contribution is 5.76. The Morgan fingerprint density at radius 1 is 1.29 bits per heavy atom. The SMILES string of the molecule is COc1ccc(OCCC(=O)NCC2CCCC2O)cc1. The molecular weight excluding hydrogens is 270 g/mol. The van der Waals surface area contributed by atoms with Gasteiger partial charge in [0.25, 0.3) is 0 Å². The molecule has 2 rings (SSSR count). The normalized spacial score (nSPS) is 21.0. The first kappa shape index (κ1) is 15.6. The molecule has 0 saturated heterocycles. The third kappa shape index (κ3) is 4.93. The summed E-state index contributed by atoms with van der Waals surface area (Å²) in [6.07, 6.45) is 2.93. The predicted octanol–water partition coefficient (Wildman–Crippen LogP) is 1.74. The predicted molar refractivity (Wildman–Crippen MR) is 79.5 cm³/mol. The average molecular weight is 293 g/mol. The van der Waals surface area contributed by atoms with Gasteiger partial charge in [-0.05, 0) is 37.1 Å². The number of hydrogen-bond donors (Lipinski definition) is 2. The molecule has 5 heteroatoms. The lowest BCUT2D eigenvalue weighted by Gasteiger charge is -2.15. The molecule has 2 atom stereocenters. The Morgan fingerprint density at radius 2 is 2.00 bits per heavy atom. The Morgan fingerprint density at radius 3 is 2.62 bits per heavy atom. The Labute approximate surface area is 125 Å². The molecule has 1 fully saturated rings. The first-order chi connectivity index (χ1) is 10.2. The van der Waals surface area contributed by atoms with Crippen molar-refractivity contribution in [2.75, 3.05) is 20.3 Å². The number of aliphatic hydroxyl groups excluding tert-OH is 1. The quantitative estimate of drug-likeness (QED) is 0.803. The summed E-state index contributed by atoms with van der Waals surface area (Å²) in [5.74, 6) is 1.66. The fraction of sp³-hybridized carbons (Fsp3) is 0.562. The van der Waals surface area contributed by atoms with Crippen LogP contribution in [0.1, 0.15) is 25.7 Å². The zero-order valence-corrected chi connectivity index (χ0v) is 12.4. The highest BCUT2D eigenvalue weighted by Gasteiger charge is 2.25. The van der Waals surface area contributed by atoms with Crippen LogP contribution in [0.2, 0.25) is 0 Å². The van der Waals surface area contributed by atoms with Gasteiger partial charge in [-0.25, -0.2) is 0 Å². The fourth-order valence-corrected chi connectivity index (χ4v) is 2.52. The number of hydrogen-bond acceptors (Lipinski definition) is 4. The molecule has 2 N–H and O–H groups in total. The standard InChI is InChI=1S/C16H23NO4/c1-20-13-5-7-14(8-6-13)21-10-9-16(19)17-11-12-3-2-4-15(12)18/h5-8,12,15,18H,2-4,9-11H2,1H3,(H,17,19). The number of amides is 1. The van der Waals surface area contributed by atoms with Gasteiger partial charge in [0, 0.05) is 12.5 Å². The Kier molecular flexibility index (Phi) is 5.87. The molecule has 0 aliphatic heterocycles. The lowest BCUT2D eigenvalue weighted by Crippen LogP contribution is -2.33. The number of benzene rings is 1. The molecule has 1 amide bonds. The summed E-state index contributed by atoms with van der Waals surface area (Å²) in [6.45, 7) is 0.897. The van der Waals surface area contributed by atoms with E-state index in [1.54, 1.807) is 7.11 Å². The minimum Gasteiger partial charge on any atom is -0.497 e. The van der Waals surface area contributed by atoms with E-state index in [1.165, 1.54) is 0 Å². The van der Waals surface area contributed by atoms with Gasteiger partial charge in [0.15, 0.2) is 0 Å². The maximum absolute atomic E-state index is 11.7. The topological polar surface area (TPSA) is 67.8 Å². The molecule has 0 spiro atoms. The van der Waals surface area contributed by atoms with Gasteiger partial charge < -0.3 is 19.9 Å². The van der Waals surface area contributed by atoms with E-state index in [0.717, 1.165) is 30.8 Å². The highest BCUT2D eigenvalue weighted by Crippen LogP contribution is 2.24. The highest BCUT2D eigenvalue weighted by atomic mass is 16.5. The summed E-state index contributed by atoms with van der Waals surface area (Å²) < 4.78 is 10.6. The molecule has 0 aromatic heterocycles. The zero-order chi connectivity index (χ0) is 15.1. The second kappa shape index (κ2) is 7.88. The maximum Gasteiger partial charge on any atom is 0.223 e. The Hall–Kier alpha value is -1.75. The number of ether oxygens (including phenoxy) is 2. The summed E-state index contributed by atoms with van der Waals surface area (Å²) in [7, 11) is 1.61. The lowest BCUT2D eigenvalue weighted by molar-refractivity contribution is -0.121. The van der Waals surface area contributed by atoms with Gasteiger partial charge in [-0.15, -0.1) is 0 Å². The van der Waals surface area contributed by atoms with Crippen LogP contribution in [-0.2, 0) is 4.79 Å². The van der Waals surface area contributed by atoms with Crippen LogP contribution in [0, 0.1) is 5.92 Å². The summed E-state index contributed by atoms with van der Waals surface area (Å²) in [6, 6.07) is 7.25. The van der Waals surface area contributed by atoms with E-state index < -0.39 is 0 Å². The number of carbonyl (C=O) groups is 1. The van der Waals surface area contributed by atoms with E-state index in [9.17, 15) is 9.90 Å². The van der Waals surface area contributed by atoms with E-state index in [0.29, 0.717) is 19.6 Å². The van der Waals surface area contributed by atoms with Gasteiger partial charge in [0.1, 0.15) is 11.5 Å². The number of nitrogens with one attached hydrogen (secondary N) is 1. The van der Waals surface area contributed by atoms with Crippen LogP contribution in [0.15, 0.2) is 24.3 Å². The van der Waals surface area contributed by atoms with Gasteiger partial charge in [-0.2, -0.15) is 0 Å². The minimum atomic E-state index is -0.263. The van der Waals surface area contributed by atoms with E-state index in [-0.39, 0.29) is 17.9 Å². The van der Waals surface area contributed by atoms with Crippen LogP contribution in [0.4, 0.5) is 0 Å². The van der Waals surface area contributed by atoms with Gasteiger partial charge in [0.05, 0.1) is 26.2 Å². The van der Waals surface area contributed by atoms with Crippen LogP contribution in [0.5, 0.6) is 11.5 Å². The van der Waals surface area contributed by atoms with Gasteiger partial charge >= 0.3 is 0 Å². The summed E-state index contributed by atoms with van der Waals surface area (Å²) in [5.41, 5.74) is 0. The average Bonchev–Trinajstić information content (AvgIpc) is 2.91. The molecule has 1 saturated carbocycles. The van der Waals surface area contributed by atoms with Crippen molar-refractivity contribution < 1.29 is 19.4 Å². The van der Waals surface area contributed by atoms with Gasteiger partial charge in [-0.1, -0.05) is 6.42 Å². The first-order valence-corrected chi connectivity index (χ1v) is 7.40. The smallest absolute Gasteiger partial charge is 0.223 e. The van der Waals surface area contributed by atoms with Gasteiger partial charge in [0.2, 0.25) is 5.91 Å². The number of aliphatic hydroxyl groups is 1. The van der Waals surface area contributed by atoms with Crippen molar-refractivity contribution in [2.45, 2.75) is 31.8 Å². The molecule has 5 nitrogen and oxygen atoms in total. The van der Waals surface area contributed by atoms with Crippen LogP contribution >= 0.6 is 0 Å². The third-order valence-corrected chi connectivity index (χ3v) is 3.84. The molecule has 0 radical (unpaired) electrons. The summed E-state index contributed by atoms with van der Waals surface area (Å²) >= 11 is 0. The van der Waals surface area contributed by atoms with Crippen molar-refractivity contribution in [3.05, 3.63) is 24.3 Å². The van der Waals surface area contributed by atoms with E-state index in [2.05, 4.69) is 5.32 Å². The van der Waals surface area contributed by atoms with Crippen LogP contribution in [0.3, 0.4) is 0 Å². The van der Waals surface area contributed by atoms with Crippen molar-refractivity contribution in [3.63, 3.8) is 0 Å². The monoisotopic (exact) mass is 293 g/mol. The van der Waals surface area contributed by atoms with Crippen molar-refractivity contribution in [1.82, 2.24) is 5.32 Å². The number of methoxy groups -OCH3 is 1. The molecule has 0 bridgehead atoms. The second-order valence-electron chi connectivity index (χ2n) is 5.34. The summed E-state index contributed by atoms with van der Waals surface area (Å²) in [4.78, 5) is 11.7. The lowest BCUT2D eigenvalue weighted by atomic mass is 10.1. The van der Waals surface area contributed by atoms with E-state index in [1.807, 2.05) is 24.3 Å². The maximum atomic E-state index is 11.7. The van der Waals surface area contributed by atoms with Crippen LogP contribution in [-0.4, -0.2) is 37.4 Å². The molecule has 1 aromatic rings. The molecule has 21 heavy (non-hydrogen) atoms. The minimum absolute atomic E-state index is 0.0392. The van der Waals surface area contributed by atoms with Crippen molar-refractivity contribution in [1.29, 1.82) is 0 Å². The molecule has 1 aliphatic rings. The van der Waals surface area contributed by atoms with E-state index >= 15 is 0 Å². The molecule has 1 aliphatic carbocycles. The van der Waals surface area contributed by atoms with Crippen LogP contribution < -0.4 is 14.8 Å². The number of carbonyl (C=O) groups excluding carboxylic acids is 1. The molecule has 2 unspecified atom stereocenters. The Bertz CT molecular complexity index is 446. The molecular formula is C16H23NO4. The molecule has 1 aromatic carbocycles. The van der Waals surface area contributed by atoms with E-state index in [4.69, 9.17) is 9.47 Å². The van der Waals surface area contributed by atoms with Crippen molar-refractivity contribution in [3.8, 4) is 11.5 Å². The molecule has 116 valence electrons.